The van der Waals surface area contributed by atoms with Gasteiger partial charge in [-0.25, -0.2) is 8.42 Å². The lowest BCUT2D eigenvalue weighted by atomic mass is 10.0. The monoisotopic (exact) mass is 603 g/mol. The lowest BCUT2D eigenvalue weighted by Gasteiger charge is -2.34. The molecular weight excluding hydrogens is 558 g/mol. The number of sulfonamides is 1. The highest BCUT2D eigenvalue weighted by Crippen LogP contribution is 2.27. The number of hydrogen-bond acceptors (Lipinski definition) is 4. The summed E-state index contributed by atoms with van der Waals surface area (Å²) in [7, 11) is -4.10. The van der Waals surface area contributed by atoms with Crippen molar-refractivity contribution in [3.8, 4) is 0 Å². The summed E-state index contributed by atoms with van der Waals surface area (Å²) in [5.74, 6) is -0.353. The van der Waals surface area contributed by atoms with Crippen LogP contribution in [0, 0.1) is 13.8 Å². The quantitative estimate of drug-likeness (QED) is 0.257. The van der Waals surface area contributed by atoms with Crippen molar-refractivity contribution in [3.63, 3.8) is 0 Å². The van der Waals surface area contributed by atoms with Gasteiger partial charge < -0.3 is 10.2 Å². The second-order valence-electron chi connectivity index (χ2n) is 12.0. The van der Waals surface area contributed by atoms with E-state index in [-0.39, 0.29) is 29.3 Å². The molecule has 0 heterocycles. The van der Waals surface area contributed by atoms with Crippen LogP contribution in [0.4, 0.5) is 5.69 Å². The van der Waals surface area contributed by atoms with Crippen LogP contribution in [0.3, 0.4) is 0 Å². The van der Waals surface area contributed by atoms with Crippen LogP contribution in [-0.4, -0.2) is 43.8 Å². The van der Waals surface area contributed by atoms with E-state index in [1.165, 1.54) is 4.31 Å². The molecule has 0 aromatic heterocycles. The third-order valence-corrected chi connectivity index (χ3v) is 10.1. The zero-order valence-corrected chi connectivity index (χ0v) is 26.9. The molecule has 0 bridgehead atoms. The van der Waals surface area contributed by atoms with Crippen LogP contribution in [0.5, 0.6) is 0 Å². The summed E-state index contributed by atoms with van der Waals surface area (Å²) in [6.07, 6.45) is 4.43. The van der Waals surface area contributed by atoms with Gasteiger partial charge in [-0.05, 0) is 74.4 Å². The van der Waals surface area contributed by atoms with Crippen LogP contribution >= 0.6 is 0 Å². The molecule has 0 spiro atoms. The van der Waals surface area contributed by atoms with E-state index in [1.54, 1.807) is 41.3 Å². The van der Waals surface area contributed by atoms with Gasteiger partial charge in [0.1, 0.15) is 12.6 Å². The molecule has 1 saturated carbocycles. The minimum Gasteiger partial charge on any atom is -0.352 e. The van der Waals surface area contributed by atoms with Crippen molar-refractivity contribution in [2.45, 2.75) is 96.2 Å². The van der Waals surface area contributed by atoms with Gasteiger partial charge in [0, 0.05) is 12.6 Å². The van der Waals surface area contributed by atoms with E-state index >= 15 is 0 Å². The van der Waals surface area contributed by atoms with Gasteiger partial charge in [-0.3, -0.25) is 13.9 Å². The van der Waals surface area contributed by atoms with Crippen molar-refractivity contribution in [1.82, 2.24) is 10.2 Å². The average molecular weight is 604 g/mol. The third-order valence-electron chi connectivity index (χ3n) is 8.30. The van der Waals surface area contributed by atoms with Crippen LogP contribution in [-0.2, 0) is 26.2 Å². The Morgan fingerprint density at radius 2 is 1.42 bits per heavy atom. The predicted molar refractivity (Wildman–Crippen MR) is 172 cm³/mol. The summed E-state index contributed by atoms with van der Waals surface area (Å²) >= 11 is 0. The van der Waals surface area contributed by atoms with E-state index < -0.39 is 28.5 Å². The Labute approximate surface area is 257 Å². The summed E-state index contributed by atoms with van der Waals surface area (Å²) in [6, 6.07) is 21.2. The number of benzene rings is 3. The smallest absolute Gasteiger partial charge is 0.264 e. The molecule has 4 rings (SSSR count). The predicted octanol–water partition coefficient (Wildman–Crippen LogP) is 6.49. The van der Waals surface area contributed by atoms with Crippen LogP contribution in [0.1, 0.15) is 81.0 Å². The van der Waals surface area contributed by atoms with Gasteiger partial charge in [-0.15, -0.1) is 0 Å². The normalized spacial score (nSPS) is 14.5. The van der Waals surface area contributed by atoms with Crippen molar-refractivity contribution >= 4 is 27.5 Å². The molecule has 1 N–H and O–H groups in total. The maximum Gasteiger partial charge on any atom is 0.264 e. The SMILES string of the molecule is CCC(C(=O)NC1CCCC1)N(Cc1ccc(C)cc1)C(=O)CN(c1ccc(C(C)C)cc1)S(=O)(=O)c1ccc(C)cc1. The fourth-order valence-corrected chi connectivity index (χ4v) is 6.98. The van der Waals surface area contributed by atoms with Crippen molar-refractivity contribution in [3.05, 3.63) is 95.1 Å². The molecule has 43 heavy (non-hydrogen) atoms. The Bertz CT molecular complexity index is 1480. The number of anilines is 1. The van der Waals surface area contributed by atoms with Gasteiger partial charge in [0.05, 0.1) is 10.6 Å². The van der Waals surface area contributed by atoms with Crippen LogP contribution in [0.2, 0.25) is 0 Å². The number of nitrogens with one attached hydrogen (secondary N) is 1. The molecule has 1 aliphatic rings. The minimum atomic E-state index is -4.10. The average Bonchev–Trinajstić information content (AvgIpc) is 3.50. The zero-order valence-electron chi connectivity index (χ0n) is 26.0. The number of carbonyl (C=O) groups is 2. The van der Waals surface area contributed by atoms with Gasteiger partial charge in [0.25, 0.3) is 10.0 Å². The van der Waals surface area contributed by atoms with E-state index in [1.807, 2.05) is 57.2 Å². The third kappa shape index (κ3) is 8.05. The molecule has 0 radical (unpaired) electrons. The second kappa shape index (κ2) is 14.2. The first kappa shape index (κ1) is 32.3. The Morgan fingerprint density at radius 3 is 1.95 bits per heavy atom. The minimum absolute atomic E-state index is 0.106. The fourth-order valence-electron chi connectivity index (χ4n) is 5.57. The van der Waals surface area contributed by atoms with Crippen LogP contribution < -0.4 is 9.62 Å². The molecule has 8 heteroatoms. The largest absolute Gasteiger partial charge is 0.352 e. The molecule has 1 atom stereocenters. The maximum absolute atomic E-state index is 14.3. The summed E-state index contributed by atoms with van der Waals surface area (Å²) in [5, 5.41) is 3.16. The summed E-state index contributed by atoms with van der Waals surface area (Å²) in [5.41, 5.74) is 4.37. The van der Waals surface area contributed by atoms with E-state index in [0.29, 0.717) is 12.1 Å². The standard InChI is InChI=1S/C35H45N3O4S/c1-6-33(35(40)36-30-9-7-8-10-30)37(23-28-15-11-26(4)12-16-28)34(39)24-38(31-19-17-29(18-20-31)25(2)3)43(41,42)32-21-13-27(5)14-22-32/h11-22,25,30,33H,6-10,23-24H2,1-5H3,(H,36,40). The zero-order chi connectivity index (χ0) is 31.1. The van der Waals surface area contributed by atoms with Gasteiger partial charge in [0.2, 0.25) is 11.8 Å². The van der Waals surface area contributed by atoms with Crippen molar-refractivity contribution < 1.29 is 18.0 Å². The first-order valence-corrected chi connectivity index (χ1v) is 16.8. The first-order chi connectivity index (χ1) is 20.5. The number of nitrogens with zero attached hydrogens (tertiary/aromatic N) is 2. The van der Waals surface area contributed by atoms with Crippen LogP contribution in [0.15, 0.2) is 77.7 Å². The van der Waals surface area contributed by atoms with Crippen LogP contribution in [0.25, 0.3) is 0 Å². The van der Waals surface area contributed by atoms with E-state index in [9.17, 15) is 18.0 Å². The molecule has 1 aliphatic carbocycles. The molecule has 3 aromatic carbocycles. The van der Waals surface area contributed by atoms with E-state index in [2.05, 4.69) is 19.2 Å². The summed E-state index contributed by atoms with van der Waals surface area (Å²) in [4.78, 5) is 29.5. The molecular formula is C35H45N3O4S. The molecule has 0 aliphatic heterocycles. The highest BCUT2D eigenvalue weighted by atomic mass is 32.2. The second-order valence-corrected chi connectivity index (χ2v) is 13.9. The molecule has 7 nitrogen and oxygen atoms in total. The van der Waals surface area contributed by atoms with E-state index in [0.717, 1.165) is 47.9 Å². The number of rotatable bonds is 12. The number of amides is 2. The van der Waals surface area contributed by atoms with Gasteiger partial charge in [0.15, 0.2) is 0 Å². The Hall–Kier alpha value is -3.65. The topological polar surface area (TPSA) is 86.8 Å². The molecule has 2 amide bonds. The van der Waals surface area contributed by atoms with E-state index in [4.69, 9.17) is 0 Å². The number of carbonyl (C=O) groups excluding carboxylic acids is 2. The summed E-state index contributed by atoms with van der Waals surface area (Å²) < 4.78 is 29.4. The molecule has 1 unspecified atom stereocenters. The Balaban J connectivity index is 1.72. The van der Waals surface area contributed by atoms with Gasteiger partial charge in [-0.2, -0.15) is 0 Å². The molecule has 1 fully saturated rings. The molecule has 3 aromatic rings. The highest BCUT2D eigenvalue weighted by Gasteiger charge is 2.34. The summed E-state index contributed by atoms with van der Waals surface area (Å²) in [6.45, 7) is 9.69. The lowest BCUT2D eigenvalue weighted by molar-refractivity contribution is -0.140. The Kier molecular flexibility index (Phi) is 10.7. The first-order valence-electron chi connectivity index (χ1n) is 15.3. The van der Waals surface area contributed by atoms with Gasteiger partial charge >= 0.3 is 0 Å². The highest BCUT2D eigenvalue weighted by molar-refractivity contribution is 7.92. The molecule has 230 valence electrons. The lowest BCUT2D eigenvalue weighted by Crippen LogP contribution is -2.53. The van der Waals surface area contributed by atoms with Crippen molar-refractivity contribution in [2.75, 3.05) is 10.8 Å². The fraction of sp³-hybridized carbons (Fsp3) is 0.429. The molecule has 0 saturated heterocycles. The maximum atomic E-state index is 14.3. The van der Waals surface area contributed by atoms with Crippen molar-refractivity contribution in [1.29, 1.82) is 0 Å². The Morgan fingerprint density at radius 1 is 0.860 bits per heavy atom. The van der Waals surface area contributed by atoms with Crippen molar-refractivity contribution in [2.24, 2.45) is 0 Å². The number of hydrogen-bond donors (Lipinski definition) is 1. The number of aryl methyl sites for hydroxylation is 2. The van der Waals surface area contributed by atoms with Gasteiger partial charge in [-0.1, -0.05) is 93.3 Å².